The third-order valence-electron chi connectivity index (χ3n) is 3.83. The van der Waals surface area contributed by atoms with Crippen molar-refractivity contribution in [3.05, 3.63) is 0 Å². The molecule has 0 aromatic rings. The topological polar surface area (TPSA) is 193 Å². The average molecular weight is 508 g/mol. The summed E-state index contributed by atoms with van der Waals surface area (Å²) in [7, 11) is -8.26. The molecular weight excluding hydrogens is 480 g/mol. The van der Waals surface area contributed by atoms with E-state index >= 15 is 0 Å². The smallest absolute Gasteiger partial charge is 0.472 e. The summed E-state index contributed by atoms with van der Waals surface area (Å²) in [5.74, 6) is 0. The van der Waals surface area contributed by atoms with Gasteiger partial charge in [-0.1, -0.05) is 20.8 Å². The monoisotopic (exact) mass is 508 g/mol. The van der Waals surface area contributed by atoms with Crippen LogP contribution in [0.5, 0.6) is 0 Å². The van der Waals surface area contributed by atoms with Crippen molar-refractivity contribution in [3.63, 3.8) is 0 Å². The van der Waals surface area contributed by atoms with Crippen LogP contribution < -0.4 is 9.79 Å². The highest BCUT2D eigenvalue weighted by Crippen LogP contribution is 2.46. The maximum Gasteiger partial charge on any atom is 0.472 e. The van der Waals surface area contributed by atoms with Gasteiger partial charge in [0.1, 0.15) is 7.85 Å². The highest BCUT2D eigenvalue weighted by Gasteiger charge is 2.42. The molecule has 0 saturated carbocycles. The lowest BCUT2D eigenvalue weighted by atomic mass is 9.85. The van der Waals surface area contributed by atoms with E-state index in [-0.39, 0.29) is 39.1 Å². The third kappa shape index (κ3) is 13.0. The van der Waals surface area contributed by atoms with Gasteiger partial charge in [-0.2, -0.15) is 0 Å². The summed E-state index contributed by atoms with van der Waals surface area (Å²) in [6.07, 6.45) is -1.34. The first-order valence-electron chi connectivity index (χ1n) is 9.36. The minimum atomic E-state index is -4.86. The molecule has 0 bridgehead atoms. The summed E-state index contributed by atoms with van der Waals surface area (Å²) in [4.78, 5) is 40.2. The van der Waals surface area contributed by atoms with Crippen LogP contribution in [-0.2, 0) is 41.1 Å². The van der Waals surface area contributed by atoms with Gasteiger partial charge in [-0.05, 0) is 24.7 Å². The first kappa shape index (κ1) is 29.4. The van der Waals surface area contributed by atoms with Crippen LogP contribution in [0.4, 0.5) is 0 Å². The van der Waals surface area contributed by atoms with Crippen LogP contribution in [0.25, 0.3) is 0 Å². The fraction of sp³-hybridized carbons (Fsp3) is 1.00. The summed E-state index contributed by atoms with van der Waals surface area (Å²) in [5.41, 5.74) is -0.409. The molecular formula is C14H28BO13P3-2. The lowest BCUT2D eigenvalue weighted by molar-refractivity contribution is -0.232. The van der Waals surface area contributed by atoms with E-state index in [1.54, 1.807) is 0 Å². The molecule has 0 spiro atoms. The minimum absolute atomic E-state index is 0.0696. The molecule has 0 aromatic carbocycles. The first-order chi connectivity index (χ1) is 14.0. The van der Waals surface area contributed by atoms with Gasteiger partial charge < -0.3 is 37.9 Å². The SMILES string of the molecule is [B]C1CC(OP(=O)([O-])OCCCOP(=O)(O)OCCCOP(=O)([O-])O)C(C(C)(C)C)O1. The molecule has 0 amide bonds. The van der Waals surface area contributed by atoms with Gasteiger partial charge >= 0.3 is 7.82 Å². The molecule has 1 saturated heterocycles. The van der Waals surface area contributed by atoms with Crippen molar-refractivity contribution in [1.29, 1.82) is 0 Å². The lowest BCUT2D eigenvalue weighted by Gasteiger charge is -2.34. The van der Waals surface area contributed by atoms with Gasteiger partial charge in [0.25, 0.3) is 15.6 Å². The Balaban J connectivity index is 2.28. The fourth-order valence-electron chi connectivity index (χ4n) is 2.61. The van der Waals surface area contributed by atoms with E-state index in [9.17, 15) is 28.4 Å². The van der Waals surface area contributed by atoms with E-state index in [1.807, 2.05) is 20.8 Å². The Morgan fingerprint density at radius 3 is 1.94 bits per heavy atom. The van der Waals surface area contributed by atoms with Crippen molar-refractivity contribution in [1.82, 2.24) is 0 Å². The van der Waals surface area contributed by atoms with Crippen LogP contribution >= 0.6 is 23.5 Å². The van der Waals surface area contributed by atoms with Gasteiger partial charge in [0, 0.05) is 6.00 Å². The first-order valence-corrected chi connectivity index (χ1v) is 13.8. The van der Waals surface area contributed by atoms with Gasteiger partial charge in [-0.3, -0.25) is 18.2 Å². The number of phosphoric ester groups is 3. The molecule has 182 valence electrons. The predicted molar refractivity (Wildman–Crippen MR) is 104 cm³/mol. The van der Waals surface area contributed by atoms with E-state index < -0.39 is 53.7 Å². The molecule has 1 rings (SSSR count). The van der Waals surface area contributed by atoms with E-state index in [1.165, 1.54) is 0 Å². The third-order valence-corrected chi connectivity index (χ3v) is 6.39. The average Bonchev–Trinajstić information content (AvgIpc) is 2.92. The molecule has 1 fully saturated rings. The zero-order valence-electron chi connectivity index (χ0n) is 17.5. The zero-order chi connectivity index (χ0) is 23.9. The maximum absolute atomic E-state index is 12.0. The highest BCUT2D eigenvalue weighted by atomic mass is 31.2. The van der Waals surface area contributed by atoms with E-state index in [0.717, 1.165) is 0 Å². The fourth-order valence-corrected chi connectivity index (χ4v) is 4.71. The Kier molecular flexibility index (Phi) is 11.5. The normalized spacial score (nSPS) is 28.0. The molecule has 1 aliphatic rings. The Hall–Kier alpha value is 0.355. The number of rotatable bonds is 14. The summed E-state index contributed by atoms with van der Waals surface area (Å²) in [6, 6.07) is -0.652. The molecule has 2 N–H and O–H groups in total. The van der Waals surface area contributed by atoms with E-state index in [0.29, 0.717) is 0 Å². The molecule has 6 atom stereocenters. The van der Waals surface area contributed by atoms with Gasteiger partial charge in [-0.15, -0.1) is 0 Å². The van der Waals surface area contributed by atoms with Crippen molar-refractivity contribution in [2.45, 2.75) is 58.2 Å². The van der Waals surface area contributed by atoms with Crippen molar-refractivity contribution in [2.75, 3.05) is 26.4 Å². The molecule has 31 heavy (non-hydrogen) atoms. The molecule has 1 heterocycles. The molecule has 17 heteroatoms. The summed E-state index contributed by atoms with van der Waals surface area (Å²) < 4.78 is 62.6. The number of ether oxygens (including phenoxy) is 1. The number of hydrogen-bond acceptors (Lipinski definition) is 11. The Morgan fingerprint density at radius 2 is 1.45 bits per heavy atom. The zero-order valence-corrected chi connectivity index (χ0v) is 20.2. The Morgan fingerprint density at radius 1 is 0.968 bits per heavy atom. The molecule has 6 unspecified atom stereocenters. The molecule has 13 nitrogen and oxygen atoms in total. The summed E-state index contributed by atoms with van der Waals surface area (Å²) in [6.45, 7) is 4.01. The van der Waals surface area contributed by atoms with E-state index in [4.69, 9.17) is 26.5 Å². The molecule has 0 aliphatic carbocycles. The number of hydrogen-bond donors (Lipinski definition) is 2. The minimum Gasteiger partial charge on any atom is -0.756 e. The lowest BCUT2D eigenvalue weighted by Crippen LogP contribution is -2.37. The van der Waals surface area contributed by atoms with Crippen molar-refractivity contribution < 1.29 is 60.6 Å². The van der Waals surface area contributed by atoms with Crippen LogP contribution in [-0.4, -0.2) is 62.3 Å². The van der Waals surface area contributed by atoms with Crippen LogP contribution in [0.1, 0.15) is 40.0 Å². The van der Waals surface area contributed by atoms with Gasteiger partial charge in [-0.25, -0.2) is 4.57 Å². The maximum atomic E-state index is 12.0. The van der Waals surface area contributed by atoms with Crippen LogP contribution in [0.2, 0.25) is 0 Å². The van der Waals surface area contributed by atoms with Crippen molar-refractivity contribution >= 4 is 31.3 Å². The van der Waals surface area contributed by atoms with Gasteiger partial charge in [0.05, 0.1) is 38.6 Å². The second-order valence-corrected chi connectivity index (χ2v) is 11.8. The second-order valence-electron chi connectivity index (χ2n) is 7.77. The standard InChI is InChI=1S/C14H30BO13P3/c1-14(2,3)13-11(10-12(15)27-13)28-31(21,22)26-9-5-8-25-30(19,20)24-7-4-6-23-29(16,17)18/h11-13H,4-10H2,1-3H3,(H,19,20)(H,21,22)(H2,16,17,18)/p-2. The Labute approximate surface area is 182 Å². The highest BCUT2D eigenvalue weighted by molar-refractivity contribution is 7.47. The molecule has 1 aliphatic heterocycles. The largest absolute Gasteiger partial charge is 0.756 e. The molecule has 2 radical (unpaired) electrons. The summed E-state index contributed by atoms with van der Waals surface area (Å²) >= 11 is 0. The van der Waals surface area contributed by atoms with Crippen LogP contribution in [0, 0.1) is 5.41 Å². The molecule has 0 aromatic heterocycles. The van der Waals surface area contributed by atoms with Crippen LogP contribution in [0.3, 0.4) is 0 Å². The quantitative estimate of drug-likeness (QED) is 0.188. The van der Waals surface area contributed by atoms with Crippen molar-refractivity contribution in [3.8, 4) is 0 Å². The number of phosphoric acid groups is 3. The van der Waals surface area contributed by atoms with Gasteiger partial charge in [0.2, 0.25) is 0 Å². The van der Waals surface area contributed by atoms with E-state index in [2.05, 4.69) is 13.6 Å². The van der Waals surface area contributed by atoms with Gasteiger partial charge in [0.15, 0.2) is 0 Å². The Bertz CT molecular complexity index is 693. The predicted octanol–water partition coefficient (Wildman–Crippen LogP) is 0.577. The van der Waals surface area contributed by atoms with Crippen LogP contribution in [0.15, 0.2) is 0 Å². The summed E-state index contributed by atoms with van der Waals surface area (Å²) in [5, 5.41) is 0. The van der Waals surface area contributed by atoms with Crippen molar-refractivity contribution in [2.24, 2.45) is 5.41 Å². The second kappa shape index (κ2) is 12.2.